The fourth-order valence-electron chi connectivity index (χ4n) is 2.86. The third-order valence-corrected chi connectivity index (χ3v) is 5.58. The molecule has 0 unspecified atom stereocenters. The first-order valence-corrected chi connectivity index (χ1v) is 11.0. The summed E-state index contributed by atoms with van der Waals surface area (Å²) >= 11 is 7.08. The lowest BCUT2D eigenvalue weighted by molar-refractivity contribution is 0.425. The van der Waals surface area contributed by atoms with Crippen LogP contribution in [-0.4, -0.2) is 47.8 Å². The second-order valence-corrected chi connectivity index (χ2v) is 8.65. The molecule has 0 spiro atoms. The Hall–Kier alpha value is -2.88. The average Bonchev–Trinajstić information content (AvgIpc) is 2.74. The fourth-order valence-corrected chi connectivity index (χ4v) is 3.81. The first kappa shape index (κ1) is 23.8. The number of aromatic nitrogens is 2. The Labute approximate surface area is 196 Å². The van der Waals surface area contributed by atoms with Crippen molar-refractivity contribution in [1.29, 1.82) is 5.41 Å². The predicted octanol–water partition coefficient (Wildman–Crippen LogP) is 5.00. The van der Waals surface area contributed by atoms with Crippen molar-refractivity contribution < 1.29 is 4.39 Å². The molecule has 2 aromatic carbocycles. The molecule has 168 valence electrons. The molecule has 32 heavy (non-hydrogen) atoms. The Bertz CT molecular complexity index is 1110. The van der Waals surface area contributed by atoms with Gasteiger partial charge in [0.1, 0.15) is 17.5 Å². The molecule has 7 nitrogen and oxygen atoms in total. The molecule has 0 aliphatic carbocycles. The third-order valence-electron chi connectivity index (χ3n) is 4.48. The molecule has 3 aromatic rings. The maximum absolute atomic E-state index is 13.9. The molecule has 0 aliphatic heterocycles. The van der Waals surface area contributed by atoms with Crippen molar-refractivity contribution in [2.24, 2.45) is 0 Å². The zero-order valence-corrected chi connectivity index (χ0v) is 19.6. The molecule has 0 amide bonds. The van der Waals surface area contributed by atoms with Gasteiger partial charge in [-0.3, -0.25) is 0 Å². The fraction of sp³-hybridized carbons (Fsp3) is 0.227. The van der Waals surface area contributed by atoms with Gasteiger partial charge in [0.2, 0.25) is 0 Å². The van der Waals surface area contributed by atoms with Gasteiger partial charge in [-0.15, -0.1) is 0 Å². The van der Waals surface area contributed by atoms with Crippen molar-refractivity contribution in [2.45, 2.75) is 11.8 Å². The van der Waals surface area contributed by atoms with E-state index in [0.717, 1.165) is 29.7 Å². The van der Waals surface area contributed by atoms with Gasteiger partial charge in [-0.1, -0.05) is 11.6 Å². The lowest BCUT2D eigenvalue weighted by atomic mass is 10.1. The van der Waals surface area contributed by atoms with Gasteiger partial charge >= 0.3 is 0 Å². The molecule has 10 heteroatoms. The molecule has 0 saturated carbocycles. The largest absolute Gasteiger partial charge is 0.383 e. The number of rotatable bonds is 9. The van der Waals surface area contributed by atoms with Crippen LogP contribution in [0.15, 0.2) is 47.4 Å². The van der Waals surface area contributed by atoms with Crippen LogP contribution in [0.4, 0.5) is 21.7 Å². The van der Waals surface area contributed by atoms with Crippen molar-refractivity contribution in [3.63, 3.8) is 0 Å². The standard InChI is InChI=1S/C22H25ClFN7S/c1-13(25)19-20(26)28-21(29-22(19)27-10-11-31(2)3)14-4-7-16(8-5-14)30-32-18-12-15(23)6-9-17(18)24/h4-9,12,25,30H,10-11H2,1-3H3,(H3,26,27,28,29). The molecular formula is C22H25ClFN7S. The zero-order chi connectivity index (χ0) is 23.3. The number of nitrogens with zero attached hydrogens (tertiary/aromatic N) is 3. The Morgan fingerprint density at radius 1 is 1.19 bits per heavy atom. The maximum atomic E-state index is 13.9. The lowest BCUT2D eigenvalue weighted by Crippen LogP contribution is -2.22. The Morgan fingerprint density at radius 2 is 1.91 bits per heavy atom. The number of nitrogens with one attached hydrogen (secondary N) is 3. The Balaban J connectivity index is 1.79. The first-order chi connectivity index (χ1) is 15.2. The normalized spacial score (nSPS) is 10.9. The monoisotopic (exact) mass is 473 g/mol. The topological polar surface area (TPSA) is 103 Å². The summed E-state index contributed by atoms with van der Waals surface area (Å²) in [5.41, 5.74) is 8.51. The van der Waals surface area contributed by atoms with E-state index in [1.54, 1.807) is 13.0 Å². The van der Waals surface area contributed by atoms with E-state index in [4.69, 9.17) is 22.7 Å². The SMILES string of the molecule is CC(=N)c1c(N)nc(-c2ccc(NSc3cc(Cl)ccc3F)cc2)nc1NCCN(C)C. The van der Waals surface area contributed by atoms with Crippen LogP contribution in [0.5, 0.6) is 0 Å². The van der Waals surface area contributed by atoms with E-state index >= 15 is 0 Å². The number of hydrogen-bond acceptors (Lipinski definition) is 8. The molecule has 0 aliphatic rings. The number of benzene rings is 2. The van der Waals surface area contributed by atoms with Gasteiger partial charge in [-0.05, 0) is 75.4 Å². The second-order valence-electron chi connectivity index (χ2n) is 7.37. The highest BCUT2D eigenvalue weighted by atomic mass is 35.5. The van der Waals surface area contributed by atoms with E-state index in [-0.39, 0.29) is 11.6 Å². The van der Waals surface area contributed by atoms with E-state index in [0.29, 0.717) is 39.4 Å². The van der Waals surface area contributed by atoms with Gasteiger partial charge in [0, 0.05) is 35.1 Å². The molecule has 0 bridgehead atoms. The van der Waals surface area contributed by atoms with Crippen LogP contribution in [0.2, 0.25) is 5.02 Å². The second kappa shape index (κ2) is 10.6. The summed E-state index contributed by atoms with van der Waals surface area (Å²) in [6, 6.07) is 11.8. The quantitative estimate of drug-likeness (QED) is 0.256. The summed E-state index contributed by atoms with van der Waals surface area (Å²) in [7, 11) is 3.97. The highest BCUT2D eigenvalue weighted by molar-refractivity contribution is 8.00. The zero-order valence-electron chi connectivity index (χ0n) is 18.0. The van der Waals surface area contributed by atoms with Crippen molar-refractivity contribution in [3.05, 3.63) is 58.9 Å². The van der Waals surface area contributed by atoms with Crippen LogP contribution in [-0.2, 0) is 0 Å². The molecule has 1 aromatic heterocycles. The van der Waals surface area contributed by atoms with Crippen molar-refractivity contribution in [1.82, 2.24) is 14.9 Å². The number of anilines is 3. The molecule has 0 atom stereocenters. The van der Waals surface area contributed by atoms with E-state index in [2.05, 4.69) is 20.0 Å². The molecule has 3 rings (SSSR count). The van der Waals surface area contributed by atoms with Gasteiger partial charge < -0.3 is 26.1 Å². The van der Waals surface area contributed by atoms with Gasteiger partial charge in [-0.2, -0.15) is 0 Å². The van der Waals surface area contributed by atoms with Gasteiger partial charge in [0.05, 0.1) is 10.5 Å². The number of likely N-dealkylation sites (N-methyl/N-ethyl adjacent to an activating group) is 1. The molecule has 0 radical (unpaired) electrons. The molecule has 5 N–H and O–H groups in total. The van der Waals surface area contributed by atoms with Gasteiger partial charge in [0.15, 0.2) is 5.82 Å². The summed E-state index contributed by atoms with van der Waals surface area (Å²) in [4.78, 5) is 11.5. The lowest BCUT2D eigenvalue weighted by Gasteiger charge is -2.16. The summed E-state index contributed by atoms with van der Waals surface area (Å²) < 4.78 is 17.0. The van der Waals surface area contributed by atoms with Crippen LogP contribution in [0.1, 0.15) is 12.5 Å². The Kier molecular flexibility index (Phi) is 7.89. The number of nitrogens with two attached hydrogens (primary N) is 1. The van der Waals surface area contributed by atoms with Crippen molar-refractivity contribution >= 4 is 46.6 Å². The van der Waals surface area contributed by atoms with Crippen molar-refractivity contribution in [2.75, 3.05) is 43.0 Å². The summed E-state index contributed by atoms with van der Waals surface area (Å²) in [6.45, 7) is 3.12. The number of halogens is 2. The molecule has 0 saturated heterocycles. The molecule has 1 heterocycles. The third kappa shape index (κ3) is 6.09. The highest BCUT2D eigenvalue weighted by Gasteiger charge is 2.15. The van der Waals surface area contributed by atoms with Gasteiger partial charge in [-0.25, -0.2) is 14.4 Å². The molecule has 0 fully saturated rings. The summed E-state index contributed by atoms with van der Waals surface area (Å²) in [5.74, 6) is 0.906. The summed E-state index contributed by atoms with van der Waals surface area (Å²) in [6.07, 6.45) is 0. The maximum Gasteiger partial charge on any atom is 0.163 e. The predicted molar refractivity (Wildman–Crippen MR) is 132 cm³/mol. The minimum absolute atomic E-state index is 0.254. The van der Waals surface area contributed by atoms with E-state index in [1.807, 2.05) is 43.3 Å². The first-order valence-electron chi connectivity index (χ1n) is 9.84. The van der Waals surface area contributed by atoms with Gasteiger partial charge in [0.25, 0.3) is 0 Å². The number of hydrogen-bond donors (Lipinski definition) is 4. The van der Waals surface area contributed by atoms with Crippen LogP contribution in [0, 0.1) is 11.2 Å². The average molecular weight is 474 g/mol. The highest BCUT2D eigenvalue weighted by Crippen LogP contribution is 2.29. The van der Waals surface area contributed by atoms with E-state index < -0.39 is 0 Å². The van der Waals surface area contributed by atoms with E-state index in [9.17, 15) is 4.39 Å². The number of nitrogen functional groups attached to an aromatic ring is 1. The van der Waals surface area contributed by atoms with E-state index in [1.165, 1.54) is 12.1 Å². The minimum atomic E-state index is -0.344. The van der Waals surface area contributed by atoms with Crippen LogP contribution < -0.4 is 15.8 Å². The Morgan fingerprint density at radius 3 is 2.56 bits per heavy atom. The van der Waals surface area contributed by atoms with Crippen LogP contribution >= 0.6 is 23.5 Å². The van der Waals surface area contributed by atoms with Crippen LogP contribution in [0.25, 0.3) is 11.4 Å². The summed E-state index contributed by atoms with van der Waals surface area (Å²) in [5, 5.41) is 11.8. The smallest absolute Gasteiger partial charge is 0.163 e. The van der Waals surface area contributed by atoms with Crippen LogP contribution in [0.3, 0.4) is 0 Å². The van der Waals surface area contributed by atoms with Crippen molar-refractivity contribution in [3.8, 4) is 11.4 Å². The molecular weight excluding hydrogens is 449 g/mol. The minimum Gasteiger partial charge on any atom is -0.383 e.